The summed E-state index contributed by atoms with van der Waals surface area (Å²) in [5.41, 5.74) is -0.0678. The van der Waals surface area contributed by atoms with E-state index in [1.807, 2.05) is 6.92 Å². The van der Waals surface area contributed by atoms with Crippen molar-refractivity contribution in [2.45, 2.75) is 78.7 Å². The molecule has 1 saturated heterocycles. The van der Waals surface area contributed by atoms with Crippen molar-refractivity contribution in [3.63, 3.8) is 0 Å². The van der Waals surface area contributed by atoms with E-state index in [9.17, 15) is 24.6 Å². The lowest BCUT2D eigenvalue weighted by Crippen LogP contribution is -2.63. The van der Waals surface area contributed by atoms with Gasteiger partial charge in [-0.1, -0.05) is 38.2 Å². The van der Waals surface area contributed by atoms with Gasteiger partial charge >= 0.3 is 17.9 Å². The molecule has 3 aliphatic rings. The highest BCUT2D eigenvalue weighted by atomic mass is 16.8. The molecular weight excluding hydrogens is 516 g/mol. The first-order valence-electron chi connectivity index (χ1n) is 13.5. The van der Waals surface area contributed by atoms with E-state index < -0.39 is 59.4 Å². The predicted octanol–water partition coefficient (Wildman–Crippen LogP) is 4.59. The molecule has 216 valence electrons. The Morgan fingerprint density at radius 3 is 2.33 bits per heavy atom. The SMILES string of the molecule is C=C/C(C)=C/C[C@]1(C)[C@H](C)C[C@H](OC(=O)c2ccc(O)cc2)[C@@]23C(=C[C@H](O)C[C@@H]12)[C@@H](OC(C)=O)O[C@H]3OC(C)=O. The number of hydrogen-bond acceptors (Lipinski definition) is 9. The number of esters is 3. The standard InChI is InChI=1S/C31H38O9/c1-7-17(2)12-13-30(6)18(3)14-26(39-27(36)21-8-10-22(34)11-9-21)31-24(15-23(35)16-25(30)31)28(37-19(4)32)40-29(31)38-20(5)33/h7-12,15,18,23,25-26,28-29,34-35H,1,13-14,16H2,2-6H3/b17-12+/t18-,23+,25+,26+,28+,29-,30-,31-/m1/s1. The Bertz CT molecular complexity index is 1230. The number of allylic oxidation sites excluding steroid dienone is 3. The van der Waals surface area contributed by atoms with Gasteiger partial charge in [0.25, 0.3) is 0 Å². The van der Waals surface area contributed by atoms with Crippen LogP contribution in [0.4, 0.5) is 0 Å². The fraction of sp³-hybridized carbons (Fsp3) is 0.516. The van der Waals surface area contributed by atoms with Crippen molar-refractivity contribution in [2.24, 2.45) is 22.7 Å². The highest BCUT2D eigenvalue weighted by Crippen LogP contribution is 2.67. The molecule has 40 heavy (non-hydrogen) atoms. The fourth-order valence-corrected chi connectivity index (χ4v) is 6.71. The zero-order chi connectivity index (χ0) is 29.4. The van der Waals surface area contributed by atoms with Crippen LogP contribution in [0.25, 0.3) is 0 Å². The van der Waals surface area contributed by atoms with Gasteiger partial charge in [0.15, 0.2) is 0 Å². The van der Waals surface area contributed by atoms with Gasteiger partial charge in [0, 0.05) is 19.4 Å². The molecule has 0 unspecified atom stereocenters. The molecule has 2 aliphatic carbocycles. The number of carbonyl (C=O) groups is 3. The monoisotopic (exact) mass is 554 g/mol. The van der Waals surface area contributed by atoms with Crippen molar-refractivity contribution in [1.29, 1.82) is 0 Å². The van der Waals surface area contributed by atoms with E-state index in [4.69, 9.17) is 18.9 Å². The Morgan fingerprint density at radius 2 is 1.73 bits per heavy atom. The summed E-state index contributed by atoms with van der Waals surface area (Å²) in [4.78, 5) is 37.9. The third-order valence-electron chi connectivity index (χ3n) is 8.92. The zero-order valence-electron chi connectivity index (χ0n) is 23.6. The third-order valence-corrected chi connectivity index (χ3v) is 8.92. The molecule has 0 bridgehead atoms. The highest BCUT2D eigenvalue weighted by Gasteiger charge is 2.72. The molecule has 2 fully saturated rings. The summed E-state index contributed by atoms with van der Waals surface area (Å²) in [7, 11) is 0. The van der Waals surface area contributed by atoms with E-state index in [0.717, 1.165) is 5.57 Å². The van der Waals surface area contributed by atoms with Crippen molar-refractivity contribution in [3.05, 3.63) is 65.8 Å². The summed E-state index contributed by atoms with van der Waals surface area (Å²) in [5, 5.41) is 20.8. The maximum absolute atomic E-state index is 13.4. The fourth-order valence-electron chi connectivity index (χ4n) is 6.71. The van der Waals surface area contributed by atoms with Crippen LogP contribution in [0.2, 0.25) is 0 Å². The number of aliphatic hydroxyl groups excluding tert-OH is 1. The van der Waals surface area contributed by atoms with Crippen LogP contribution < -0.4 is 0 Å². The molecule has 2 N–H and O–H groups in total. The normalized spacial score (nSPS) is 35.0. The van der Waals surface area contributed by atoms with Crippen molar-refractivity contribution in [3.8, 4) is 5.75 Å². The summed E-state index contributed by atoms with van der Waals surface area (Å²) in [6.45, 7) is 12.5. The number of aliphatic hydroxyl groups is 1. The molecule has 4 rings (SSSR count). The zero-order valence-corrected chi connectivity index (χ0v) is 23.6. The van der Waals surface area contributed by atoms with Gasteiger partial charge < -0.3 is 24.4 Å². The largest absolute Gasteiger partial charge is 0.508 e. The molecule has 1 aromatic carbocycles. The molecule has 0 aromatic heterocycles. The van der Waals surface area contributed by atoms with Crippen LogP contribution in [-0.4, -0.2) is 52.9 Å². The van der Waals surface area contributed by atoms with Gasteiger partial charge in [-0.2, -0.15) is 0 Å². The van der Waals surface area contributed by atoms with Crippen LogP contribution in [-0.2, 0) is 28.5 Å². The number of phenols is 1. The number of hydrogen-bond donors (Lipinski definition) is 2. The van der Waals surface area contributed by atoms with E-state index in [1.54, 1.807) is 12.2 Å². The van der Waals surface area contributed by atoms with Crippen LogP contribution >= 0.6 is 0 Å². The summed E-state index contributed by atoms with van der Waals surface area (Å²) in [6.07, 6.45) is 2.49. The van der Waals surface area contributed by atoms with Crippen LogP contribution in [0.5, 0.6) is 5.75 Å². The van der Waals surface area contributed by atoms with Crippen molar-refractivity contribution >= 4 is 17.9 Å². The molecule has 8 atom stereocenters. The van der Waals surface area contributed by atoms with Gasteiger partial charge in [-0.3, -0.25) is 14.3 Å². The number of benzene rings is 1. The van der Waals surface area contributed by atoms with E-state index in [-0.39, 0.29) is 23.7 Å². The van der Waals surface area contributed by atoms with E-state index >= 15 is 0 Å². The second-order valence-corrected chi connectivity index (χ2v) is 11.4. The number of rotatable bonds is 7. The molecule has 0 radical (unpaired) electrons. The van der Waals surface area contributed by atoms with Gasteiger partial charge in [0.1, 0.15) is 17.3 Å². The number of aromatic hydroxyl groups is 1. The molecule has 1 aliphatic heterocycles. The molecule has 1 heterocycles. The topological polar surface area (TPSA) is 129 Å². The van der Waals surface area contributed by atoms with E-state index in [0.29, 0.717) is 18.4 Å². The Hall–Kier alpha value is -3.43. The molecular formula is C31H38O9. The van der Waals surface area contributed by atoms with E-state index in [2.05, 4.69) is 26.5 Å². The smallest absolute Gasteiger partial charge is 0.338 e. The Kier molecular flexibility index (Phi) is 8.28. The molecule has 9 nitrogen and oxygen atoms in total. The maximum atomic E-state index is 13.4. The Morgan fingerprint density at radius 1 is 1.07 bits per heavy atom. The minimum atomic E-state index is -1.24. The minimum Gasteiger partial charge on any atom is -0.508 e. The van der Waals surface area contributed by atoms with Crippen molar-refractivity contribution < 1.29 is 43.5 Å². The van der Waals surface area contributed by atoms with Crippen LogP contribution in [0.1, 0.15) is 64.2 Å². The van der Waals surface area contributed by atoms with Crippen LogP contribution in [0.15, 0.2) is 60.2 Å². The lowest BCUT2D eigenvalue weighted by atomic mass is 9.45. The molecule has 9 heteroatoms. The quantitative estimate of drug-likeness (QED) is 0.215. The summed E-state index contributed by atoms with van der Waals surface area (Å²) >= 11 is 0. The Labute approximate surface area is 234 Å². The van der Waals surface area contributed by atoms with Gasteiger partial charge in [-0.05, 0) is 73.8 Å². The van der Waals surface area contributed by atoms with Crippen LogP contribution in [0, 0.1) is 22.7 Å². The van der Waals surface area contributed by atoms with Gasteiger partial charge in [-0.25, -0.2) is 4.79 Å². The van der Waals surface area contributed by atoms with E-state index in [1.165, 1.54) is 38.1 Å². The summed E-state index contributed by atoms with van der Waals surface area (Å²) < 4.78 is 23.6. The second kappa shape index (κ2) is 11.2. The molecule has 1 spiro atoms. The summed E-state index contributed by atoms with van der Waals surface area (Å²) in [6, 6.07) is 5.71. The average molecular weight is 555 g/mol. The first kappa shape index (κ1) is 29.6. The Balaban J connectivity index is 1.90. The molecule has 1 aromatic rings. The van der Waals surface area contributed by atoms with Crippen molar-refractivity contribution in [2.75, 3.05) is 0 Å². The summed E-state index contributed by atoms with van der Waals surface area (Å²) in [5.74, 6) is -2.26. The second-order valence-electron chi connectivity index (χ2n) is 11.4. The first-order chi connectivity index (χ1) is 18.8. The number of ether oxygens (including phenoxy) is 4. The highest BCUT2D eigenvalue weighted by molar-refractivity contribution is 5.89. The minimum absolute atomic E-state index is 0.00749. The van der Waals surface area contributed by atoms with Gasteiger partial charge in [0.05, 0.1) is 11.7 Å². The number of carbonyl (C=O) groups excluding carboxylic acids is 3. The van der Waals surface area contributed by atoms with Crippen molar-refractivity contribution in [1.82, 2.24) is 0 Å². The number of phenolic OH excluding ortho intramolecular Hbond substituents is 1. The van der Waals surface area contributed by atoms with Gasteiger partial charge in [0.2, 0.25) is 12.6 Å². The lowest BCUT2D eigenvalue weighted by molar-refractivity contribution is -0.253. The van der Waals surface area contributed by atoms with Crippen LogP contribution in [0.3, 0.4) is 0 Å². The molecule has 1 saturated carbocycles. The predicted molar refractivity (Wildman–Crippen MR) is 145 cm³/mol. The van der Waals surface area contributed by atoms with Gasteiger partial charge in [-0.15, -0.1) is 0 Å². The molecule has 0 amide bonds. The maximum Gasteiger partial charge on any atom is 0.338 e. The first-order valence-corrected chi connectivity index (χ1v) is 13.5. The lowest BCUT2D eigenvalue weighted by Gasteiger charge is -2.60. The third kappa shape index (κ3) is 5.20. The average Bonchev–Trinajstić information content (AvgIpc) is 3.17.